The Hall–Kier alpha value is -0.0500. The van der Waals surface area contributed by atoms with Gasteiger partial charge in [-0.05, 0) is 19.8 Å². The molecule has 3 heteroatoms. The number of unbranched alkanes of at least 4 members (excludes halogenated alkanes) is 2. The molecule has 0 aliphatic carbocycles. The number of amides is 1. The molecule has 0 saturated heterocycles. The summed E-state index contributed by atoms with van der Waals surface area (Å²) < 4.78 is 0. The number of carbonyl (C=O) groups excluding carboxylic acids is 1. The Labute approximate surface area is 96.2 Å². The van der Waals surface area contributed by atoms with Gasteiger partial charge in [-0.25, -0.2) is 0 Å². The molecule has 0 radical (unpaired) electrons. The predicted octanol–water partition coefficient (Wildman–Crippen LogP) is 3.20. The van der Waals surface area contributed by atoms with E-state index in [0.29, 0.717) is 0 Å². The summed E-state index contributed by atoms with van der Waals surface area (Å²) in [6, 6.07) is 0. The molecule has 0 N–H and O–H groups in total. The summed E-state index contributed by atoms with van der Waals surface area (Å²) in [5.41, 5.74) is 0. The minimum atomic E-state index is -0.0452. The summed E-state index contributed by atoms with van der Waals surface area (Å²) in [5, 5.41) is 0. The van der Waals surface area contributed by atoms with E-state index < -0.39 is 0 Å². The van der Waals surface area contributed by atoms with Crippen LogP contribution in [-0.4, -0.2) is 28.7 Å². The zero-order chi connectivity index (χ0) is 11.0. The number of nitrogens with zero attached hydrogens (tertiary/aromatic N) is 1. The number of alkyl halides is 1. The maximum Gasteiger partial charge on any atom is 0.236 e. The second-order valence-electron chi connectivity index (χ2n) is 3.65. The third-order valence-corrected chi connectivity index (χ3v) is 2.61. The summed E-state index contributed by atoms with van der Waals surface area (Å²) in [6.45, 7) is 8.02. The van der Waals surface area contributed by atoms with Crippen LogP contribution in [-0.2, 0) is 4.79 Å². The maximum atomic E-state index is 11.7. The summed E-state index contributed by atoms with van der Waals surface area (Å²) in [7, 11) is 0. The molecule has 1 unspecified atom stereocenters. The second-order valence-corrected chi connectivity index (χ2v) is 5.02. The van der Waals surface area contributed by atoms with Gasteiger partial charge in [0.25, 0.3) is 0 Å². The van der Waals surface area contributed by atoms with Gasteiger partial charge in [0.05, 0.1) is 4.83 Å². The normalized spacial score (nSPS) is 12.6. The first-order valence-electron chi connectivity index (χ1n) is 5.56. The topological polar surface area (TPSA) is 20.3 Å². The number of carbonyl (C=O) groups is 1. The fourth-order valence-corrected chi connectivity index (χ4v) is 1.57. The van der Waals surface area contributed by atoms with Crippen molar-refractivity contribution in [3.8, 4) is 0 Å². The molecule has 0 spiro atoms. The summed E-state index contributed by atoms with van der Waals surface area (Å²) in [5.74, 6) is 0.229. The van der Waals surface area contributed by atoms with Gasteiger partial charge in [0.1, 0.15) is 0 Å². The first-order valence-corrected chi connectivity index (χ1v) is 6.47. The van der Waals surface area contributed by atoms with E-state index in [9.17, 15) is 4.79 Å². The summed E-state index contributed by atoms with van der Waals surface area (Å²) >= 11 is 3.33. The molecular formula is C11H22BrNO. The molecule has 0 aromatic heterocycles. The van der Waals surface area contributed by atoms with E-state index in [4.69, 9.17) is 0 Å². The first kappa shape index (κ1) is 13.9. The highest BCUT2D eigenvalue weighted by atomic mass is 79.9. The lowest BCUT2D eigenvalue weighted by Crippen LogP contribution is -2.37. The van der Waals surface area contributed by atoms with Crippen LogP contribution in [0, 0.1) is 0 Å². The highest BCUT2D eigenvalue weighted by molar-refractivity contribution is 9.10. The largest absolute Gasteiger partial charge is 0.342 e. The lowest BCUT2D eigenvalue weighted by atomic mass is 10.2. The molecule has 0 heterocycles. The molecule has 0 aliphatic rings. The molecule has 0 fully saturated rings. The van der Waals surface area contributed by atoms with Gasteiger partial charge in [0.15, 0.2) is 0 Å². The molecule has 0 aromatic rings. The van der Waals surface area contributed by atoms with Gasteiger partial charge >= 0.3 is 0 Å². The quantitative estimate of drug-likeness (QED) is 0.647. The number of hydrogen-bond donors (Lipinski definition) is 0. The van der Waals surface area contributed by atoms with Crippen molar-refractivity contribution in [3.05, 3.63) is 0 Å². The number of rotatable bonds is 7. The third-order valence-electron chi connectivity index (χ3n) is 2.22. The summed E-state index contributed by atoms with van der Waals surface area (Å²) in [4.78, 5) is 13.7. The zero-order valence-electron chi connectivity index (χ0n) is 9.55. The minimum Gasteiger partial charge on any atom is -0.342 e. The van der Waals surface area contributed by atoms with Crippen molar-refractivity contribution in [1.82, 2.24) is 4.90 Å². The molecule has 84 valence electrons. The van der Waals surface area contributed by atoms with Crippen LogP contribution in [0.4, 0.5) is 0 Å². The van der Waals surface area contributed by atoms with E-state index >= 15 is 0 Å². The average molecular weight is 264 g/mol. The van der Waals surface area contributed by atoms with Crippen LogP contribution in [0.1, 0.15) is 46.5 Å². The summed E-state index contributed by atoms with van der Waals surface area (Å²) in [6.07, 6.45) is 4.50. The SMILES string of the molecule is CCCCN(CCCC)C(=O)C(C)Br. The average Bonchev–Trinajstić information content (AvgIpc) is 2.17. The Kier molecular flexibility index (Phi) is 8.24. The molecule has 1 amide bonds. The zero-order valence-corrected chi connectivity index (χ0v) is 11.1. The standard InChI is InChI=1S/C11H22BrNO/c1-4-6-8-13(9-7-5-2)11(14)10(3)12/h10H,4-9H2,1-3H3. The Morgan fingerprint density at radius 2 is 1.64 bits per heavy atom. The molecule has 2 nitrogen and oxygen atoms in total. The Morgan fingerprint density at radius 1 is 1.21 bits per heavy atom. The predicted molar refractivity (Wildman–Crippen MR) is 64.8 cm³/mol. The van der Waals surface area contributed by atoms with Crippen LogP contribution in [0.15, 0.2) is 0 Å². The van der Waals surface area contributed by atoms with Crippen molar-refractivity contribution in [2.75, 3.05) is 13.1 Å². The fraction of sp³-hybridized carbons (Fsp3) is 0.909. The highest BCUT2D eigenvalue weighted by Crippen LogP contribution is 2.07. The van der Waals surface area contributed by atoms with Crippen LogP contribution < -0.4 is 0 Å². The highest BCUT2D eigenvalue weighted by Gasteiger charge is 2.16. The van der Waals surface area contributed by atoms with E-state index in [2.05, 4.69) is 29.8 Å². The Morgan fingerprint density at radius 3 is 1.93 bits per heavy atom. The minimum absolute atomic E-state index is 0.0452. The van der Waals surface area contributed by atoms with Crippen LogP contribution in [0.2, 0.25) is 0 Å². The van der Waals surface area contributed by atoms with Crippen molar-refractivity contribution in [2.45, 2.75) is 51.3 Å². The van der Waals surface area contributed by atoms with E-state index in [1.54, 1.807) is 0 Å². The third kappa shape index (κ3) is 5.63. The number of hydrogen-bond acceptors (Lipinski definition) is 1. The lowest BCUT2D eigenvalue weighted by Gasteiger charge is -2.23. The van der Waals surface area contributed by atoms with Crippen molar-refractivity contribution in [3.63, 3.8) is 0 Å². The molecular weight excluding hydrogens is 242 g/mol. The molecule has 14 heavy (non-hydrogen) atoms. The molecule has 0 saturated carbocycles. The Bertz CT molecular complexity index is 151. The molecule has 0 rings (SSSR count). The van der Waals surface area contributed by atoms with Crippen LogP contribution in [0.5, 0.6) is 0 Å². The molecule has 0 aliphatic heterocycles. The fourth-order valence-electron chi connectivity index (χ4n) is 1.28. The van der Waals surface area contributed by atoms with Crippen molar-refractivity contribution in [2.24, 2.45) is 0 Å². The van der Waals surface area contributed by atoms with Gasteiger partial charge in [-0.2, -0.15) is 0 Å². The van der Waals surface area contributed by atoms with Crippen molar-refractivity contribution < 1.29 is 4.79 Å². The van der Waals surface area contributed by atoms with E-state index in [1.807, 2.05) is 11.8 Å². The first-order chi connectivity index (χ1) is 6.63. The van der Waals surface area contributed by atoms with Gasteiger partial charge in [-0.1, -0.05) is 42.6 Å². The van der Waals surface area contributed by atoms with Gasteiger partial charge in [-0.3, -0.25) is 4.79 Å². The monoisotopic (exact) mass is 263 g/mol. The van der Waals surface area contributed by atoms with Crippen LogP contribution >= 0.6 is 15.9 Å². The van der Waals surface area contributed by atoms with Crippen molar-refractivity contribution >= 4 is 21.8 Å². The maximum absolute atomic E-state index is 11.7. The van der Waals surface area contributed by atoms with Gasteiger partial charge in [-0.15, -0.1) is 0 Å². The second kappa shape index (κ2) is 8.27. The number of halogens is 1. The van der Waals surface area contributed by atoms with E-state index in [1.165, 1.54) is 0 Å². The lowest BCUT2D eigenvalue weighted by molar-refractivity contribution is -0.130. The van der Waals surface area contributed by atoms with Crippen molar-refractivity contribution in [1.29, 1.82) is 0 Å². The van der Waals surface area contributed by atoms with E-state index in [0.717, 1.165) is 38.8 Å². The van der Waals surface area contributed by atoms with Gasteiger partial charge in [0.2, 0.25) is 5.91 Å². The molecule has 0 bridgehead atoms. The van der Waals surface area contributed by atoms with Gasteiger partial charge < -0.3 is 4.90 Å². The smallest absolute Gasteiger partial charge is 0.236 e. The van der Waals surface area contributed by atoms with E-state index in [-0.39, 0.29) is 10.7 Å². The molecule has 0 aromatic carbocycles. The van der Waals surface area contributed by atoms with Crippen LogP contribution in [0.3, 0.4) is 0 Å². The Balaban J connectivity index is 4.01. The van der Waals surface area contributed by atoms with Gasteiger partial charge in [0, 0.05) is 13.1 Å². The van der Waals surface area contributed by atoms with Crippen LogP contribution in [0.25, 0.3) is 0 Å². The molecule has 1 atom stereocenters.